The lowest BCUT2D eigenvalue weighted by atomic mass is 9.97. The number of piperidine rings is 1. The van der Waals surface area contributed by atoms with Gasteiger partial charge in [-0.3, -0.25) is 14.7 Å². The summed E-state index contributed by atoms with van der Waals surface area (Å²) < 4.78 is 38.8. The third kappa shape index (κ3) is 3.71. The number of aromatic nitrogens is 1. The second kappa shape index (κ2) is 6.70. The highest BCUT2D eigenvalue weighted by Crippen LogP contribution is 2.57. The second-order valence-corrected chi connectivity index (χ2v) is 6.89. The Morgan fingerprint density at radius 1 is 1.33 bits per heavy atom. The van der Waals surface area contributed by atoms with Crippen LogP contribution in [0, 0.1) is 11.3 Å². The summed E-state index contributed by atoms with van der Waals surface area (Å²) in [6, 6.07) is 3.93. The van der Waals surface area contributed by atoms with Crippen molar-refractivity contribution in [3.8, 4) is 0 Å². The van der Waals surface area contributed by atoms with Crippen LogP contribution in [0.1, 0.15) is 31.2 Å². The van der Waals surface area contributed by atoms with Gasteiger partial charge in [-0.1, -0.05) is 0 Å². The average molecular weight is 341 g/mol. The van der Waals surface area contributed by atoms with Gasteiger partial charge in [-0.2, -0.15) is 13.2 Å². The van der Waals surface area contributed by atoms with Gasteiger partial charge in [0.15, 0.2) is 0 Å². The number of nitrogens with zero attached hydrogens (tertiary/aromatic N) is 2. The fourth-order valence-electron chi connectivity index (χ4n) is 3.38. The van der Waals surface area contributed by atoms with Crippen LogP contribution < -0.4 is 5.32 Å². The summed E-state index contributed by atoms with van der Waals surface area (Å²) in [7, 11) is 0. The van der Waals surface area contributed by atoms with E-state index in [9.17, 15) is 18.0 Å². The first-order chi connectivity index (χ1) is 11.4. The van der Waals surface area contributed by atoms with E-state index in [-0.39, 0.29) is 18.8 Å². The first kappa shape index (κ1) is 17.2. The van der Waals surface area contributed by atoms with E-state index in [4.69, 9.17) is 0 Å². The lowest BCUT2D eigenvalue weighted by Crippen LogP contribution is -2.45. The monoisotopic (exact) mass is 341 g/mol. The SMILES string of the molecule is O=C(NC[C@H]1CCCN(Cc2ccncc2)C1)C1(C(F)(F)F)CC1. The molecule has 132 valence electrons. The maximum atomic E-state index is 12.9. The minimum atomic E-state index is -4.43. The molecule has 1 aromatic heterocycles. The predicted molar refractivity (Wildman–Crippen MR) is 83.0 cm³/mol. The molecule has 2 aliphatic rings. The van der Waals surface area contributed by atoms with Gasteiger partial charge >= 0.3 is 6.18 Å². The number of likely N-dealkylation sites (tertiary alicyclic amines) is 1. The van der Waals surface area contributed by atoms with E-state index in [0.717, 1.165) is 32.5 Å². The maximum Gasteiger partial charge on any atom is 0.403 e. The number of carbonyl (C=O) groups excluding carboxylic acids is 1. The van der Waals surface area contributed by atoms with Gasteiger partial charge in [0.1, 0.15) is 5.41 Å². The molecule has 1 amide bonds. The van der Waals surface area contributed by atoms with Crippen molar-refractivity contribution < 1.29 is 18.0 Å². The van der Waals surface area contributed by atoms with Crippen LogP contribution in [0.25, 0.3) is 0 Å². The fourth-order valence-corrected chi connectivity index (χ4v) is 3.38. The Morgan fingerprint density at radius 2 is 2.04 bits per heavy atom. The van der Waals surface area contributed by atoms with Crippen LogP contribution in [-0.2, 0) is 11.3 Å². The van der Waals surface area contributed by atoms with Gasteiger partial charge in [-0.25, -0.2) is 0 Å². The number of amides is 1. The number of halogens is 3. The number of hydrogen-bond donors (Lipinski definition) is 1. The van der Waals surface area contributed by atoms with Crippen molar-refractivity contribution in [2.75, 3.05) is 19.6 Å². The van der Waals surface area contributed by atoms with Gasteiger partial charge in [0.25, 0.3) is 0 Å². The molecule has 0 unspecified atom stereocenters. The number of alkyl halides is 3. The second-order valence-electron chi connectivity index (χ2n) is 6.89. The molecule has 7 heteroatoms. The fraction of sp³-hybridized carbons (Fsp3) is 0.647. The van der Waals surface area contributed by atoms with Crippen LogP contribution in [0.4, 0.5) is 13.2 Å². The van der Waals surface area contributed by atoms with Crippen molar-refractivity contribution in [3.05, 3.63) is 30.1 Å². The molecule has 0 aromatic carbocycles. The number of carbonyl (C=O) groups is 1. The third-order valence-corrected chi connectivity index (χ3v) is 5.04. The Morgan fingerprint density at radius 3 is 2.67 bits per heavy atom. The first-order valence-corrected chi connectivity index (χ1v) is 8.37. The largest absolute Gasteiger partial charge is 0.403 e. The maximum absolute atomic E-state index is 12.9. The topological polar surface area (TPSA) is 45.2 Å². The zero-order valence-corrected chi connectivity index (χ0v) is 13.5. The molecule has 1 saturated carbocycles. The molecule has 1 saturated heterocycles. The van der Waals surface area contributed by atoms with Crippen molar-refractivity contribution in [2.45, 2.75) is 38.4 Å². The predicted octanol–water partition coefficient (Wildman–Crippen LogP) is 2.75. The van der Waals surface area contributed by atoms with E-state index in [2.05, 4.69) is 15.2 Å². The number of pyridine rings is 1. The van der Waals surface area contributed by atoms with Crippen molar-refractivity contribution >= 4 is 5.91 Å². The van der Waals surface area contributed by atoms with Crippen LogP contribution in [0.3, 0.4) is 0 Å². The molecule has 1 aromatic rings. The summed E-state index contributed by atoms with van der Waals surface area (Å²) in [6.45, 7) is 2.89. The molecule has 2 heterocycles. The van der Waals surface area contributed by atoms with Gasteiger partial charge in [-0.05, 0) is 55.8 Å². The molecule has 0 radical (unpaired) electrons. The van der Waals surface area contributed by atoms with Crippen LogP contribution >= 0.6 is 0 Å². The lowest BCUT2D eigenvalue weighted by Gasteiger charge is -2.33. The Bertz CT molecular complexity index is 572. The molecule has 4 nitrogen and oxygen atoms in total. The quantitative estimate of drug-likeness (QED) is 0.896. The molecule has 0 bridgehead atoms. The van der Waals surface area contributed by atoms with E-state index in [0.29, 0.717) is 6.54 Å². The molecule has 2 fully saturated rings. The van der Waals surface area contributed by atoms with Crippen molar-refractivity contribution in [3.63, 3.8) is 0 Å². The van der Waals surface area contributed by atoms with Crippen LogP contribution in [-0.4, -0.2) is 41.6 Å². The average Bonchev–Trinajstić information content (AvgIpc) is 3.36. The summed E-state index contributed by atoms with van der Waals surface area (Å²) in [5.41, 5.74) is -0.943. The molecular formula is C17H22F3N3O. The number of hydrogen-bond acceptors (Lipinski definition) is 3. The van der Waals surface area contributed by atoms with E-state index in [1.54, 1.807) is 12.4 Å². The molecule has 1 aliphatic carbocycles. The Balaban J connectivity index is 1.48. The minimum absolute atomic E-state index is 0.0822. The highest BCUT2D eigenvalue weighted by Gasteiger charge is 2.68. The van der Waals surface area contributed by atoms with Gasteiger partial charge in [0.2, 0.25) is 5.91 Å². The van der Waals surface area contributed by atoms with Crippen molar-refractivity contribution in [2.24, 2.45) is 11.3 Å². The van der Waals surface area contributed by atoms with Gasteiger partial charge in [-0.15, -0.1) is 0 Å². The summed E-state index contributed by atoms with van der Waals surface area (Å²) in [5, 5.41) is 2.55. The summed E-state index contributed by atoms with van der Waals surface area (Å²) in [6.07, 6.45) is 0.841. The number of nitrogens with one attached hydrogen (secondary N) is 1. The summed E-state index contributed by atoms with van der Waals surface area (Å²) >= 11 is 0. The summed E-state index contributed by atoms with van der Waals surface area (Å²) in [4.78, 5) is 18.2. The Labute approximate surface area is 139 Å². The van der Waals surface area contributed by atoms with E-state index < -0.39 is 17.5 Å². The van der Waals surface area contributed by atoms with Gasteiger partial charge < -0.3 is 5.32 Å². The highest BCUT2D eigenvalue weighted by molar-refractivity contribution is 5.86. The van der Waals surface area contributed by atoms with Gasteiger partial charge in [0, 0.05) is 32.0 Å². The zero-order chi connectivity index (χ0) is 17.2. The number of rotatable bonds is 5. The first-order valence-electron chi connectivity index (χ1n) is 8.37. The zero-order valence-electron chi connectivity index (χ0n) is 13.5. The standard InChI is InChI=1S/C17H22F3N3O/c18-17(19,20)16(5-6-16)15(24)22-10-14-2-1-9-23(12-14)11-13-3-7-21-8-4-13/h3-4,7-8,14H,1-2,5-6,9-12H2,(H,22,24)/t14-/m1/s1. The smallest absolute Gasteiger partial charge is 0.355 e. The minimum Gasteiger partial charge on any atom is -0.355 e. The summed E-state index contributed by atoms with van der Waals surface area (Å²) in [5.74, 6) is -0.644. The van der Waals surface area contributed by atoms with Crippen LogP contribution in [0.5, 0.6) is 0 Å². The normalized spacial score (nSPS) is 23.7. The Hall–Kier alpha value is -1.63. The lowest BCUT2D eigenvalue weighted by molar-refractivity contribution is -0.192. The molecule has 3 rings (SSSR count). The molecule has 0 spiro atoms. The third-order valence-electron chi connectivity index (χ3n) is 5.04. The molecule has 1 atom stereocenters. The Kier molecular flexibility index (Phi) is 4.80. The van der Waals surface area contributed by atoms with Gasteiger partial charge in [0.05, 0.1) is 0 Å². The van der Waals surface area contributed by atoms with Crippen LogP contribution in [0.2, 0.25) is 0 Å². The highest BCUT2D eigenvalue weighted by atomic mass is 19.4. The van der Waals surface area contributed by atoms with E-state index >= 15 is 0 Å². The molecule has 1 aliphatic heterocycles. The van der Waals surface area contributed by atoms with E-state index in [1.807, 2.05) is 12.1 Å². The van der Waals surface area contributed by atoms with E-state index in [1.165, 1.54) is 5.56 Å². The van der Waals surface area contributed by atoms with Crippen molar-refractivity contribution in [1.29, 1.82) is 0 Å². The molecule has 24 heavy (non-hydrogen) atoms. The molecule has 1 N–H and O–H groups in total. The van der Waals surface area contributed by atoms with Crippen molar-refractivity contribution in [1.82, 2.24) is 15.2 Å². The van der Waals surface area contributed by atoms with Crippen LogP contribution in [0.15, 0.2) is 24.5 Å². The molecular weight excluding hydrogens is 319 g/mol.